The fraction of sp³-hybridized carbons (Fsp3) is 0.625. The third-order valence-electron chi connectivity index (χ3n) is 3.84. The second-order valence-corrected chi connectivity index (χ2v) is 5.57. The summed E-state index contributed by atoms with van der Waals surface area (Å²) < 4.78 is 5.02. The minimum absolute atomic E-state index is 0.765. The molecule has 0 atom stereocenters. The van der Waals surface area contributed by atoms with E-state index in [4.69, 9.17) is 4.74 Å². The van der Waals surface area contributed by atoms with E-state index >= 15 is 0 Å². The number of nitrogens with zero attached hydrogens (tertiary/aromatic N) is 2. The molecule has 1 heterocycles. The molecule has 2 rings (SSSR count). The Morgan fingerprint density at radius 2 is 1.70 bits per heavy atom. The fourth-order valence-corrected chi connectivity index (χ4v) is 2.43. The van der Waals surface area contributed by atoms with Crippen LogP contribution in [-0.4, -0.2) is 63.3 Å². The lowest BCUT2D eigenvalue weighted by molar-refractivity contribution is 0.148. The summed E-state index contributed by atoms with van der Waals surface area (Å²) in [6.45, 7) is 8.38. The molecule has 0 aliphatic carbocycles. The maximum absolute atomic E-state index is 5.02. The zero-order chi connectivity index (χ0) is 14.2. The summed E-state index contributed by atoms with van der Waals surface area (Å²) in [5.74, 6) is 0. The first-order valence-electron chi connectivity index (χ1n) is 7.46. The number of nitrogens with one attached hydrogen (secondary N) is 1. The Morgan fingerprint density at radius 3 is 2.35 bits per heavy atom. The smallest absolute Gasteiger partial charge is 0.0587 e. The third kappa shape index (κ3) is 5.21. The van der Waals surface area contributed by atoms with Gasteiger partial charge in [0.1, 0.15) is 0 Å². The van der Waals surface area contributed by atoms with Crippen molar-refractivity contribution in [3.63, 3.8) is 0 Å². The molecule has 1 fully saturated rings. The molecule has 0 radical (unpaired) electrons. The quantitative estimate of drug-likeness (QED) is 0.757. The first-order chi connectivity index (χ1) is 9.78. The molecular formula is C16H27N3O. The van der Waals surface area contributed by atoms with Crippen molar-refractivity contribution in [3.05, 3.63) is 35.4 Å². The van der Waals surface area contributed by atoms with Gasteiger partial charge in [0, 0.05) is 52.9 Å². The summed E-state index contributed by atoms with van der Waals surface area (Å²) in [6, 6.07) is 8.97. The van der Waals surface area contributed by atoms with Crippen LogP contribution in [0.2, 0.25) is 0 Å². The predicted octanol–water partition coefficient (Wildman–Crippen LogP) is 1.17. The first-order valence-corrected chi connectivity index (χ1v) is 7.46. The van der Waals surface area contributed by atoms with Crippen LogP contribution in [0.5, 0.6) is 0 Å². The number of benzene rings is 1. The van der Waals surface area contributed by atoms with Crippen LogP contribution in [-0.2, 0) is 17.8 Å². The largest absolute Gasteiger partial charge is 0.383 e. The van der Waals surface area contributed by atoms with E-state index in [2.05, 4.69) is 46.4 Å². The van der Waals surface area contributed by atoms with Crippen molar-refractivity contribution >= 4 is 0 Å². The Morgan fingerprint density at radius 1 is 1.05 bits per heavy atom. The van der Waals surface area contributed by atoms with E-state index in [0.29, 0.717) is 0 Å². The first kappa shape index (κ1) is 15.4. The highest BCUT2D eigenvalue weighted by molar-refractivity contribution is 5.22. The van der Waals surface area contributed by atoms with Gasteiger partial charge in [0.25, 0.3) is 0 Å². The molecule has 1 aliphatic heterocycles. The Hall–Kier alpha value is -0.940. The van der Waals surface area contributed by atoms with Crippen LogP contribution >= 0.6 is 0 Å². The number of ether oxygens (including phenoxy) is 1. The van der Waals surface area contributed by atoms with Gasteiger partial charge in [0.05, 0.1) is 6.61 Å². The van der Waals surface area contributed by atoms with Gasteiger partial charge in [-0.1, -0.05) is 24.3 Å². The lowest BCUT2D eigenvalue weighted by atomic mass is 10.1. The zero-order valence-electron chi connectivity index (χ0n) is 12.8. The predicted molar refractivity (Wildman–Crippen MR) is 82.8 cm³/mol. The standard InChI is InChI=1S/C16H27N3O/c1-18-8-10-19(11-9-18)14-16-5-3-15(4-6-16)13-17-7-12-20-2/h3-6,17H,7-14H2,1-2H3. The molecule has 1 saturated heterocycles. The van der Waals surface area contributed by atoms with Gasteiger partial charge in [0.15, 0.2) is 0 Å². The van der Waals surface area contributed by atoms with Gasteiger partial charge in [-0.05, 0) is 18.2 Å². The number of methoxy groups -OCH3 is 1. The SMILES string of the molecule is COCCNCc1ccc(CN2CCN(C)CC2)cc1. The molecule has 4 heteroatoms. The van der Waals surface area contributed by atoms with E-state index in [-0.39, 0.29) is 0 Å². The van der Waals surface area contributed by atoms with Crippen molar-refractivity contribution < 1.29 is 4.74 Å². The van der Waals surface area contributed by atoms with E-state index in [0.717, 1.165) is 26.2 Å². The molecule has 4 nitrogen and oxygen atoms in total. The molecular weight excluding hydrogens is 250 g/mol. The normalized spacial score (nSPS) is 17.5. The van der Waals surface area contributed by atoms with Crippen molar-refractivity contribution in [2.75, 3.05) is 53.5 Å². The minimum Gasteiger partial charge on any atom is -0.383 e. The molecule has 1 aromatic carbocycles. The molecule has 0 aromatic heterocycles. The van der Waals surface area contributed by atoms with E-state index in [1.54, 1.807) is 7.11 Å². The lowest BCUT2D eigenvalue weighted by Crippen LogP contribution is -2.43. The lowest BCUT2D eigenvalue weighted by Gasteiger charge is -2.32. The van der Waals surface area contributed by atoms with E-state index in [1.165, 1.54) is 37.3 Å². The molecule has 1 N–H and O–H groups in total. The van der Waals surface area contributed by atoms with Crippen molar-refractivity contribution in [2.45, 2.75) is 13.1 Å². The van der Waals surface area contributed by atoms with Gasteiger partial charge in [-0.2, -0.15) is 0 Å². The molecule has 0 amide bonds. The van der Waals surface area contributed by atoms with Crippen LogP contribution in [0.4, 0.5) is 0 Å². The highest BCUT2D eigenvalue weighted by atomic mass is 16.5. The van der Waals surface area contributed by atoms with Crippen molar-refractivity contribution in [1.29, 1.82) is 0 Å². The fourth-order valence-electron chi connectivity index (χ4n) is 2.43. The van der Waals surface area contributed by atoms with Gasteiger partial charge >= 0.3 is 0 Å². The molecule has 20 heavy (non-hydrogen) atoms. The third-order valence-corrected chi connectivity index (χ3v) is 3.84. The molecule has 0 saturated carbocycles. The topological polar surface area (TPSA) is 27.7 Å². The second-order valence-electron chi connectivity index (χ2n) is 5.57. The molecule has 0 spiro atoms. The maximum atomic E-state index is 5.02. The van der Waals surface area contributed by atoms with Crippen LogP contribution in [0.25, 0.3) is 0 Å². The Balaban J connectivity index is 1.73. The number of rotatable bonds is 7. The summed E-state index contributed by atoms with van der Waals surface area (Å²) in [5.41, 5.74) is 2.75. The van der Waals surface area contributed by atoms with Gasteiger partial charge in [-0.15, -0.1) is 0 Å². The van der Waals surface area contributed by atoms with Crippen molar-refractivity contribution in [2.24, 2.45) is 0 Å². The van der Waals surface area contributed by atoms with E-state index in [9.17, 15) is 0 Å². The van der Waals surface area contributed by atoms with Crippen molar-refractivity contribution in [3.8, 4) is 0 Å². The van der Waals surface area contributed by atoms with Crippen LogP contribution in [0.3, 0.4) is 0 Å². The molecule has 0 unspecified atom stereocenters. The molecule has 112 valence electrons. The molecule has 0 bridgehead atoms. The van der Waals surface area contributed by atoms with Crippen LogP contribution in [0.15, 0.2) is 24.3 Å². The molecule has 1 aliphatic rings. The zero-order valence-corrected chi connectivity index (χ0v) is 12.8. The summed E-state index contributed by atoms with van der Waals surface area (Å²) >= 11 is 0. The van der Waals surface area contributed by atoms with Crippen LogP contribution < -0.4 is 5.32 Å². The number of hydrogen-bond acceptors (Lipinski definition) is 4. The molecule has 1 aromatic rings. The van der Waals surface area contributed by atoms with Gasteiger partial charge in [-0.3, -0.25) is 4.90 Å². The highest BCUT2D eigenvalue weighted by Gasteiger charge is 2.13. The van der Waals surface area contributed by atoms with Gasteiger partial charge in [-0.25, -0.2) is 0 Å². The van der Waals surface area contributed by atoms with Gasteiger partial charge in [0.2, 0.25) is 0 Å². The maximum Gasteiger partial charge on any atom is 0.0587 e. The Labute approximate surface area is 122 Å². The van der Waals surface area contributed by atoms with Crippen LogP contribution in [0.1, 0.15) is 11.1 Å². The monoisotopic (exact) mass is 277 g/mol. The minimum atomic E-state index is 0.765. The van der Waals surface area contributed by atoms with Gasteiger partial charge < -0.3 is 15.0 Å². The second kappa shape index (κ2) is 8.37. The van der Waals surface area contributed by atoms with Crippen molar-refractivity contribution in [1.82, 2.24) is 15.1 Å². The average Bonchev–Trinajstić information content (AvgIpc) is 2.48. The summed E-state index contributed by atoms with van der Waals surface area (Å²) in [7, 11) is 3.93. The van der Waals surface area contributed by atoms with Crippen LogP contribution in [0, 0.1) is 0 Å². The Kier molecular flexibility index (Phi) is 6.47. The highest BCUT2D eigenvalue weighted by Crippen LogP contribution is 2.09. The summed E-state index contributed by atoms with van der Waals surface area (Å²) in [6.07, 6.45) is 0. The number of hydrogen-bond donors (Lipinski definition) is 1. The average molecular weight is 277 g/mol. The number of likely N-dealkylation sites (N-methyl/N-ethyl adjacent to an activating group) is 1. The van der Waals surface area contributed by atoms with E-state index in [1.807, 2.05) is 0 Å². The van der Waals surface area contributed by atoms with E-state index < -0.39 is 0 Å². The Bertz CT molecular complexity index is 372. The number of piperazine rings is 1. The summed E-state index contributed by atoms with van der Waals surface area (Å²) in [5, 5.41) is 3.37. The summed E-state index contributed by atoms with van der Waals surface area (Å²) in [4.78, 5) is 4.93.